The maximum atomic E-state index is 7.17. The van der Waals surface area contributed by atoms with Crippen LogP contribution in [0.1, 0.15) is 0 Å². The maximum absolute atomic E-state index is 7.17. The third-order valence-corrected chi connectivity index (χ3v) is 0. The van der Waals surface area contributed by atoms with Gasteiger partial charge < -0.3 is 37.0 Å². The first-order valence-corrected chi connectivity index (χ1v) is 0.775. The fourth-order valence-corrected chi connectivity index (χ4v) is 0. The summed E-state index contributed by atoms with van der Waals surface area (Å²) in [5.74, 6) is 0. The zero-order valence-corrected chi connectivity index (χ0v) is 3.92. The van der Waals surface area contributed by atoms with E-state index in [2.05, 4.69) is 0 Å². The Labute approximate surface area is 63.9 Å². The van der Waals surface area contributed by atoms with Crippen molar-refractivity contribution in [3.05, 3.63) is 0 Å². The first kappa shape index (κ1) is 57.6. The number of hydrogen-bond donors (Lipinski definition) is 3. The number of hydrogen-bond acceptors (Lipinski definition) is 3. The first-order valence-electron chi connectivity index (χ1n) is 0.775. The molecule has 0 spiro atoms. The van der Waals surface area contributed by atoms with Gasteiger partial charge in [-0.1, -0.05) is 0 Å². The van der Waals surface area contributed by atoms with Crippen molar-refractivity contribution in [1.29, 1.82) is 0 Å². The van der Waals surface area contributed by atoms with Gasteiger partial charge in [0.25, 0.3) is 0 Å². The van der Waals surface area contributed by atoms with Gasteiger partial charge in [0.05, 0.1) is 0 Å². The van der Waals surface area contributed by atoms with Crippen molar-refractivity contribution in [1.82, 2.24) is 0 Å². The zero-order chi connectivity index (χ0) is 3.58. The molecule has 0 unspecified atom stereocenters. The van der Waals surface area contributed by atoms with Gasteiger partial charge in [0.1, 0.15) is 0 Å². The molecule has 9 heteroatoms. The molecule has 0 atom stereocenters. The third-order valence-electron chi connectivity index (χ3n) is 0. The molecule has 0 fully saturated rings. The van der Waals surface area contributed by atoms with Crippen molar-refractivity contribution in [3.8, 4) is 0 Å². The second-order valence-electron chi connectivity index (χ2n) is 0.346. The van der Waals surface area contributed by atoms with Crippen molar-refractivity contribution in [2.45, 2.75) is 0 Å². The summed E-state index contributed by atoms with van der Waals surface area (Å²) in [6.45, 7) is 0. The van der Waals surface area contributed by atoms with E-state index in [4.69, 9.17) is 15.1 Å². The van der Waals surface area contributed by atoms with Gasteiger partial charge in [-0.05, 0) is 0 Å². The van der Waals surface area contributed by atoms with Crippen LogP contribution in [0.3, 0.4) is 0 Å². The van der Waals surface area contributed by atoms with E-state index < -0.39 is 7.32 Å². The van der Waals surface area contributed by atoms with Crippen LogP contribution in [-0.2, 0) is 0 Å². The molecule has 0 aliphatic rings. The van der Waals surface area contributed by atoms with Crippen LogP contribution in [0.15, 0.2) is 0 Å². The molecule has 0 aromatic carbocycles. The van der Waals surface area contributed by atoms with E-state index >= 15 is 0 Å². The van der Waals surface area contributed by atoms with E-state index in [0.717, 1.165) is 0 Å². The van der Waals surface area contributed by atoms with Crippen molar-refractivity contribution in [2.24, 2.45) is 0 Å². The van der Waals surface area contributed by atoms with Crippen molar-refractivity contribution < 1.29 is 37.0 Å². The molecule has 0 amide bonds. The van der Waals surface area contributed by atoms with Gasteiger partial charge >= 0.3 is 26.2 Å². The summed E-state index contributed by atoms with van der Waals surface area (Å²) in [6, 6.07) is 0. The topological polar surface area (TPSA) is 187 Å². The van der Waals surface area contributed by atoms with E-state index in [1.54, 1.807) is 0 Å². The summed E-state index contributed by atoms with van der Waals surface area (Å²) in [6.07, 6.45) is 0. The second kappa shape index (κ2) is 39.9. The normalized spacial score (nSPS) is 3.00. The molecule has 0 radical (unpaired) electrons. The molecule has 0 rings (SSSR count). The Hall–Kier alpha value is 0.382. The van der Waals surface area contributed by atoms with Crippen molar-refractivity contribution in [3.63, 3.8) is 0 Å². The molecule has 58 valence electrons. The van der Waals surface area contributed by atoms with E-state index in [1.807, 2.05) is 0 Å². The summed E-state index contributed by atoms with van der Waals surface area (Å²) in [5, 5.41) is 21.5. The summed E-state index contributed by atoms with van der Waals surface area (Å²) < 4.78 is 0. The summed E-state index contributed by atoms with van der Waals surface area (Å²) in [7, 11) is -2.17. The SMILES string of the molecule is O.O.O.O.OB(O)O.[LiH]. The molecule has 0 saturated carbocycles. The molecule has 0 aromatic rings. The molecular weight excluding hydrogens is 130 g/mol. The quantitative estimate of drug-likeness (QED) is 0.284. The molecule has 0 saturated heterocycles. The van der Waals surface area contributed by atoms with E-state index in [0.29, 0.717) is 0 Å². The van der Waals surface area contributed by atoms with Gasteiger partial charge in [-0.15, -0.1) is 0 Å². The summed E-state index contributed by atoms with van der Waals surface area (Å²) >= 11 is 0. The Morgan fingerprint density at radius 2 is 0.667 bits per heavy atom. The van der Waals surface area contributed by atoms with E-state index in [-0.39, 0.29) is 40.8 Å². The van der Waals surface area contributed by atoms with Crippen LogP contribution in [0, 0.1) is 0 Å². The van der Waals surface area contributed by atoms with Gasteiger partial charge in [0.15, 0.2) is 0 Å². The molecule has 0 aliphatic carbocycles. The predicted octanol–water partition coefficient (Wildman–Crippen LogP) is -6.00. The Kier molecular flexibility index (Phi) is 256. The minimum absolute atomic E-state index is 0. The standard InChI is InChI=1S/BH3O3.Li.4H2O.H/c2-1(3)4;;;;;;/h2-4H;;4*1H2;. The van der Waals surface area contributed by atoms with Crippen LogP contribution in [-0.4, -0.2) is 63.2 Å². The number of rotatable bonds is 0. The van der Waals surface area contributed by atoms with E-state index in [1.165, 1.54) is 0 Å². The van der Waals surface area contributed by atoms with Crippen LogP contribution in [0.5, 0.6) is 0 Å². The summed E-state index contributed by atoms with van der Waals surface area (Å²) in [4.78, 5) is 0. The molecule has 0 aromatic heterocycles. The Balaban J connectivity index is -0.00000000450. The van der Waals surface area contributed by atoms with E-state index in [9.17, 15) is 0 Å². The van der Waals surface area contributed by atoms with Crippen molar-refractivity contribution >= 4 is 26.2 Å². The molecule has 9 heavy (non-hydrogen) atoms. The fourth-order valence-electron chi connectivity index (χ4n) is 0. The third kappa shape index (κ3) is 2340. The molecular formula is H12BLiO7. The summed E-state index contributed by atoms with van der Waals surface area (Å²) in [5.41, 5.74) is 0. The molecule has 0 bridgehead atoms. The Morgan fingerprint density at radius 3 is 0.667 bits per heavy atom. The predicted molar refractivity (Wildman–Crippen MR) is 34.0 cm³/mol. The minimum atomic E-state index is -2.17. The zero-order valence-electron chi connectivity index (χ0n) is 3.92. The van der Waals surface area contributed by atoms with Crippen LogP contribution < -0.4 is 0 Å². The van der Waals surface area contributed by atoms with Crippen LogP contribution in [0.25, 0.3) is 0 Å². The van der Waals surface area contributed by atoms with Crippen LogP contribution in [0.4, 0.5) is 0 Å². The second-order valence-corrected chi connectivity index (χ2v) is 0.346. The Bertz CT molecular complexity index is 13.6. The van der Waals surface area contributed by atoms with Crippen LogP contribution in [0.2, 0.25) is 0 Å². The average Bonchev–Trinajstić information content (AvgIpc) is 0.811. The molecule has 7 nitrogen and oxygen atoms in total. The molecule has 0 heterocycles. The first-order chi connectivity index (χ1) is 1.73. The van der Waals surface area contributed by atoms with Gasteiger partial charge in [0.2, 0.25) is 0 Å². The van der Waals surface area contributed by atoms with Crippen LogP contribution >= 0.6 is 0 Å². The van der Waals surface area contributed by atoms with Crippen molar-refractivity contribution in [2.75, 3.05) is 0 Å². The van der Waals surface area contributed by atoms with Gasteiger partial charge in [-0.25, -0.2) is 0 Å². The van der Waals surface area contributed by atoms with Gasteiger partial charge in [0, 0.05) is 0 Å². The average molecular weight is 142 g/mol. The Morgan fingerprint density at radius 1 is 0.667 bits per heavy atom. The molecule has 0 aliphatic heterocycles. The fraction of sp³-hybridized carbons (Fsp3) is 0. The van der Waals surface area contributed by atoms with Gasteiger partial charge in [-0.2, -0.15) is 0 Å². The van der Waals surface area contributed by atoms with Gasteiger partial charge in [-0.3, -0.25) is 0 Å². The molecule has 11 N–H and O–H groups in total. The monoisotopic (exact) mass is 142 g/mol.